The molecule has 0 aliphatic heterocycles. The molecule has 2 rings (SSSR count). The molecular formula is C25H34FN3O5S. The van der Waals surface area contributed by atoms with Crippen molar-refractivity contribution < 1.29 is 27.1 Å². The van der Waals surface area contributed by atoms with Gasteiger partial charge in [0.2, 0.25) is 21.8 Å². The fourth-order valence-corrected chi connectivity index (χ4v) is 4.58. The van der Waals surface area contributed by atoms with Gasteiger partial charge in [0.25, 0.3) is 0 Å². The minimum Gasteiger partial charge on any atom is -0.495 e. The van der Waals surface area contributed by atoms with Crippen molar-refractivity contribution >= 4 is 27.5 Å². The number of rotatable bonds is 13. The van der Waals surface area contributed by atoms with Gasteiger partial charge in [0.15, 0.2) is 0 Å². The number of nitrogens with zero attached hydrogens (tertiary/aromatic N) is 2. The molecule has 0 heterocycles. The van der Waals surface area contributed by atoms with Crippen LogP contribution in [0.1, 0.15) is 38.7 Å². The summed E-state index contributed by atoms with van der Waals surface area (Å²) in [5, 5.41) is 2.77. The number of carbonyl (C=O) groups is 2. The third kappa shape index (κ3) is 7.95. The Morgan fingerprint density at radius 1 is 1.11 bits per heavy atom. The van der Waals surface area contributed by atoms with Crippen LogP contribution in [0.5, 0.6) is 5.75 Å². The predicted molar refractivity (Wildman–Crippen MR) is 134 cm³/mol. The van der Waals surface area contributed by atoms with Gasteiger partial charge in [-0.2, -0.15) is 0 Å². The van der Waals surface area contributed by atoms with Gasteiger partial charge in [-0.25, -0.2) is 12.8 Å². The van der Waals surface area contributed by atoms with Gasteiger partial charge in [0.05, 0.1) is 19.1 Å². The molecule has 192 valence electrons. The highest BCUT2D eigenvalue weighted by Crippen LogP contribution is 2.29. The van der Waals surface area contributed by atoms with Gasteiger partial charge in [-0.3, -0.25) is 13.9 Å². The van der Waals surface area contributed by atoms with Crippen LogP contribution in [0.15, 0.2) is 48.5 Å². The van der Waals surface area contributed by atoms with Crippen molar-refractivity contribution in [1.29, 1.82) is 0 Å². The first-order valence-electron chi connectivity index (χ1n) is 11.5. The molecule has 2 aromatic rings. The Bertz CT molecular complexity index is 1110. The molecule has 0 aliphatic carbocycles. The Balaban J connectivity index is 2.19. The second kappa shape index (κ2) is 13.1. The number of methoxy groups -OCH3 is 1. The largest absolute Gasteiger partial charge is 0.495 e. The number of hydrogen-bond acceptors (Lipinski definition) is 5. The summed E-state index contributed by atoms with van der Waals surface area (Å²) in [5.74, 6) is -0.776. The van der Waals surface area contributed by atoms with E-state index < -0.39 is 21.9 Å². The summed E-state index contributed by atoms with van der Waals surface area (Å²) in [6.45, 7) is 3.94. The molecule has 1 N–H and O–H groups in total. The predicted octanol–water partition coefficient (Wildman–Crippen LogP) is 3.32. The second-order valence-electron chi connectivity index (χ2n) is 8.19. The molecule has 0 bridgehead atoms. The topological polar surface area (TPSA) is 96.0 Å². The van der Waals surface area contributed by atoms with Crippen molar-refractivity contribution in [2.24, 2.45) is 0 Å². The molecule has 0 aliphatic rings. The van der Waals surface area contributed by atoms with Gasteiger partial charge >= 0.3 is 0 Å². The lowest BCUT2D eigenvalue weighted by atomic mass is 10.1. The van der Waals surface area contributed by atoms with Crippen molar-refractivity contribution in [1.82, 2.24) is 10.2 Å². The number of sulfonamides is 1. The van der Waals surface area contributed by atoms with E-state index in [0.29, 0.717) is 23.5 Å². The molecule has 0 radical (unpaired) electrons. The Labute approximate surface area is 207 Å². The van der Waals surface area contributed by atoms with E-state index in [1.165, 1.54) is 22.4 Å². The standard InChI is InChI=1S/C25H34FN3O5S/c1-5-16-27-25(31)19(2)28(18-20-11-6-7-12-21(20)26)24(30)15-10-17-29(35(4,32)33)22-13-8-9-14-23(22)34-3/h6-9,11-14,19H,5,10,15-18H2,1-4H3,(H,27,31). The number of para-hydroxylation sites is 2. The first-order chi connectivity index (χ1) is 16.6. The van der Waals surface area contributed by atoms with Crippen LogP contribution in [0, 0.1) is 5.82 Å². The van der Waals surface area contributed by atoms with E-state index in [9.17, 15) is 22.4 Å². The molecule has 35 heavy (non-hydrogen) atoms. The summed E-state index contributed by atoms with van der Waals surface area (Å²) < 4.78 is 45.7. The third-order valence-corrected chi connectivity index (χ3v) is 6.70. The first kappa shape index (κ1) is 28.1. The van der Waals surface area contributed by atoms with Gasteiger partial charge < -0.3 is 15.0 Å². The monoisotopic (exact) mass is 507 g/mol. The van der Waals surface area contributed by atoms with Crippen LogP contribution in [0.25, 0.3) is 0 Å². The van der Waals surface area contributed by atoms with Gasteiger partial charge in [-0.05, 0) is 38.0 Å². The van der Waals surface area contributed by atoms with Crippen molar-refractivity contribution in [3.63, 3.8) is 0 Å². The maximum Gasteiger partial charge on any atom is 0.242 e. The van der Waals surface area contributed by atoms with E-state index in [2.05, 4.69) is 5.32 Å². The van der Waals surface area contributed by atoms with Crippen molar-refractivity contribution in [3.8, 4) is 5.75 Å². The maximum atomic E-state index is 14.3. The van der Waals surface area contributed by atoms with Gasteiger partial charge in [0.1, 0.15) is 17.6 Å². The number of anilines is 1. The summed E-state index contributed by atoms with van der Waals surface area (Å²) >= 11 is 0. The smallest absolute Gasteiger partial charge is 0.242 e. The van der Waals surface area contributed by atoms with Crippen LogP contribution in [-0.2, 0) is 26.2 Å². The van der Waals surface area contributed by atoms with E-state index in [1.807, 2.05) is 6.92 Å². The Kier molecular flexibility index (Phi) is 10.5. The van der Waals surface area contributed by atoms with E-state index >= 15 is 0 Å². The summed E-state index contributed by atoms with van der Waals surface area (Å²) in [6.07, 6.45) is 2.00. The van der Waals surface area contributed by atoms with Crippen LogP contribution in [-0.4, -0.2) is 57.6 Å². The lowest BCUT2D eigenvalue weighted by molar-refractivity contribution is -0.140. The van der Waals surface area contributed by atoms with Crippen LogP contribution in [0.4, 0.5) is 10.1 Å². The fourth-order valence-electron chi connectivity index (χ4n) is 3.61. The highest BCUT2D eigenvalue weighted by atomic mass is 32.2. The fraction of sp³-hybridized carbons (Fsp3) is 0.440. The summed E-state index contributed by atoms with van der Waals surface area (Å²) in [4.78, 5) is 27.1. The highest BCUT2D eigenvalue weighted by Gasteiger charge is 2.27. The maximum absolute atomic E-state index is 14.3. The van der Waals surface area contributed by atoms with E-state index in [4.69, 9.17) is 4.74 Å². The zero-order valence-electron chi connectivity index (χ0n) is 20.7. The number of carbonyl (C=O) groups excluding carboxylic acids is 2. The number of nitrogens with one attached hydrogen (secondary N) is 1. The molecule has 0 saturated carbocycles. The number of ether oxygens (including phenoxy) is 1. The van der Waals surface area contributed by atoms with Gasteiger partial charge in [0, 0.05) is 31.6 Å². The molecule has 2 aromatic carbocycles. The highest BCUT2D eigenvalue weighted by molar-refractivity contribution is 7.92. The Morgan fingerprint density at radius 3 is 2.40 bits per heavy atom. The van der Waals surface area contributed by atoms with Crippen molar-refractivity contribution in [2.45, 2.75) is 45.7 Å². The number of amides is 2. The lowest BCUT2D eigenvalue weighted by Crippen LogP contribution is -2.48. The van der Waals surface area contributed by atoms with Gasteiger partial charge in [-0.15, -0.1) is 0 Å². The molecule has 2 amide bonds. The molecular weight excluding hydrogens is 473 g/mol. The second-order valence-corrected chi connectivity index (χ2v) is 10.1. The van der Waals surface area contributed by atoms with Crippen molar-refractivity contribution in [3.05, 3.63) is 59.9 Å². The average Bonchev–Trinajstić information content (AvgIpc) is 2.83. The molecule has 0 aromatic heterocycles. The summed E-state index contributed by atoms with van der Waals surface area (Å²) in [6, 6.07) is 12.0. The van der Waals surface area contributed by atoms with Crippen LogP contribution >= 0.6 is 0 Å². The number of hydrogen-bond donors (Lipinski definition) is 1. The SMILES string of the molecule is CCCNC(=O)C(C)N(Cc1ccccc1F)C(=O)CCCN(c1ccccc1OC)S(C)(=O)=O. The minimum absolute atomic E-state index is 0.0268. The van der Waals surface area contributed by atoms with Gasteiger partial charge in [-0.1, -0.05) is 37.3 Å². The Hall–Kier alpha value is -3.14. The molecule has 1 atom stereocenters. The molecule has 0 fully saturated rings. The molecule has 8 nitrogen and oxygen atoms in total. The normalized spacial score (nSPS) is 12.0. The molecule has 0 saturated heterocycles. The van der Waals surface area contributed by atoms with E-state index in [0.717, 1.165) is 12.7 Å². The zero-order chi connectivity index (χ0) is 26.0. The summed E-state index contributed by atoms with van der Waals surface area (Å²) in [5.41, 5.74) is 0.670. The average molecular weight is 508 g/mol. The van der Waals surface area contributed by atoms with Crippen LogP contribution in [0.2, 0.25) is 0 Å². The lowest BCUT2D eigenvalue weighted by Gasteiger charge is -2.29. The molecule has 10 heteroatoms. The van der Waals surface area contributed by atoms with Crippen LogP contribution in [0.3, 0.4) is 0 Å². The van der Waals surface area contributed by atoms with E-state index in [1.54, 1.807) is 49.4 Å². The van der Waals surface area contributed by atoms with Crippen LogP contribution < -0.4 is 14.4 Å². The Morgan fingerprint density at radius 2 is 1.77 bits per heavy atom. The minimum atomic E-state index is -3.65. The number of benzene rings is 2. The van der Waals surface area contributed by atoms with E-state index in [-0.39, 0.29) is 37.7 Å². The first-order valence-corrected chi connectivity index (χ1v) is 13.4. The third-order valence-electron chi connectivity index (χ3n) is 5.52. The molecule has 0 spiro atoms. The van der Waals surface area contributed by atoms with Crippen molar-refractivity contribution in [2.75, 3.05) is 30.8 Å². The quantitative estimate of drug-likeness (QED) is 0.449. The zero-order valence-corrected chi connectivity index (χ0v) is 21.5. The number of halogens is 1. The molecule has 1 unspecified atom stereocenters. The summed E-state index contributed by atoms with van der Waals surface area (Å²) in [7, 11) is -2.20.